The maximum atomic E-state index is 10.4. The molecule has 3 nitrogen and oxygen atoms in total. The van der Waals surface area contributed by atoms with Gasteiger partial charge in [-0.2, -0.15) is 0 Å². The lowest BCUT2D eigenvalue weighted by Crippen LogP contribution is -1.93. The number of hydrogen-bond donors (Lipinski definition) is 2. The quantitative estimate of drug-likeness (QED) is 0.542. The van der Waals surface area contributed by atoms with Gasteiger partial charge in [-0.1, -0.05) is 0 Å². The van der Waals surface area contributed by atoms with E-state index in [1.54, 1.807) is 0 Å². The van der Waals surface area contributed by atoms with Crippen LogP contribution < -0.4 is 0 Å². The van der Waals surface area contributed by atoms with Gasteiger partial charge in [0.25, 0.3) is 0 Å². The molecule has 0 atom stereocenters. The number of halogens is 1. The van der Waals surface area contributed by atoms with E-state index >= 15 is 0 Å². The molecule has 1 aromatic carbocycles. The van der Waals surface area contributed by atoms with Gasteiger partial charge in [0.05, 0.1) is 6.42 Å². The average molecular weight is 187 g/mol. The van der Waals surface area contributed by atoms with Gasteiger partial charge in [-0.15, -0.1) is 0 Å². The standard InChI is InChI=1S/C8H7ClO3/c9-8(12)4-5-3-6(10)1-2-7(5)11/h1-3,10-11H,4H2. The number of aromatic hydroxyl groups is 2. The fraction of sp³-hybridized carbons (Fsp3) is 0.125. The Hall–Kier alpha value is -1.22. The molecule has 0 aliphatic heterocycles. The minimum Gasteiger partial charge on any atom is -0.508 e. The average Bonchev–Trinajstić information content (AvgIpc) is 1.96. The first-order valence-corrected chi connectivity index (χ1v) is 3.66. The van der Waals surface area contributed by atoms with E-state index < -0.39 is 5.24 Å². The molecule has 0 saturated carbocycles. The Kier molecular flexibility index (Phi) is 2.55. The highest BCUT2D eigenvalue weighted by atomic mass is 35.5. The maximum absolute atomic E-state index is 10.4. The van der Waals surface area contributed by atoms with Crippen molar-refractivity contribution in [3.05, 3.63) is 23.8 Å². The normalized spacial score (nSPS) is 9.75. The van der Waals surface area contributed by atoms with Crippen LogP contribution in [0, 0.1) is 0 Å². The van der Waals surface area contributed by atoms with Crippen molar-refractivity contribution in [2.24, 2.45) is 0 Å². The third-order valence-electron chi connectivity index (χ3n) is 1.39. The highest BCUT2D eigenvalue weighted by Crippen LogP contribution is 2.22. The molecule has 0 unspecified atom stereocenters. The molecule has 2 N–H and O–H groups in total. The summed E-state index contributed by atoms with van der Waals surface area (Å²) in [6.07, 6.45) is -0.0816. The molecule has 64 valence electrons. The minimum absolute atomic E-state index is 0.000664. The molecule has 0 amide bonds. The van der Waals surface area contributed by atoms with E-state index in [2.05, 4.69) is 0 Å². The summed E-state index contributed by atoms with van der Waals surface area (Å²) in [5, 5.41) is 17.6. The van der Waals surface area contributed by atoms with E-state index in [1.807, 2.05) is 0 Å². The first kappa shape index (κ1) is 8.87. The Balaban J connectivity index is 2.97. The second-order valence-corrected chi connectivity index (χ2v) is 2.77. The summed E-state index contributed by atoms with van der Waals surface area (Å²) in [6, 6.07) is 3.94. The Morgan fingerprint density at radius 1 is 1.42 bits per heavy atom. The molecular formula is C8H7ClO3. The van der Waals surface area contributed by atoms with Crippen molar-refractivity contribution in [3.63, 3.8) is 0 Å². The van der Waals surface area contributed by atoms with Crippen molar-refractivity contribution in [2.45, 2.75) is 6.42 Å². The second-order valence-electron chi connectivity index (χ2n) is 2.34. The molecule has 12 heavy (non-hydrogen) atoms. The lowest BCUT2D eigenvalue weighted by atomic mass is 10.1. The number of carbonyl (C=O) groups is 1. The van der Waals surface area contributed by atoms with Crippen molar-refractivity contribution in [1.82, 2.24) is 0 Å². The van der Waals surface area contributed by atoms with Crippen molar-refractivity contribution < 1.29 is 15.0 Å². The van der Waals surface area contributed by atoms with Crippen LogP contribution in [0.25, 0.3) is 0 Å². The fourth-order valence-electron chi connectivity index (χ4n) is 0.863. The molecule has 0 heterocycles. The smallest absolute Gasteiger partial charge is 0.226 e. The number of phenols is 2. The summed E-state index contributed by atoms with van der Waals surface area (Å²) in [6.45, 7) is 0. The molecule has 0 fully saturated rings. The summed E-state index contributed by atoms with van der Waals surface area (Å²) in [5.74, 6) is -0.0393. The minimum atomic E-state index is -0.573. The zero-order valence-electron chi connectivity index (χ0n) is 6.12. The van der Waals surface area contributed by atoms with E-state index in [0.29, 0.717) is 5.56 Å². The van der Waals surface area contributed by atoms with E-state index in [9.17, 15) is 4.79 Å². The third kappa shape index (κ3) is 2.13. The number of benzene rings is 1. The Labute approximate surface area is 74.2 Å². The van der Waals surface area contributed by atoms with Gasteiger partial charge in [0, 0.05) is 5.56 Å². The summed E-state index contributed by atoms with van der Waals surface area (Å²) in [5.41, 5.74) is 0.329. The van der Waals surface area contributed by atoms with Gasteiger partial charge in [0.15, 0.2) is 0 Å². The zero-order valence-corrected chi connectivity index (χ0v) is 6.88. The summed E-state index contributed by atoms with van der Waals surface area (Å²) >= 11 is 5.10. The van der Waals surface area contributed by atoms with Crippen molar-refractivity contribution >= 4 is 16.8 Å². The Bertz CT molecular complexity index is 309. The molecular weight excluding hydrogens is 180 g/mol. The third-order valence-corrected chi connectivity index (χ3v) is 1.53. The number of rotatable bonds is 2. The Morgan fingerprint density at radius 2 is 2.08 bits per heavy atom. The first-order valence-electron chi connectivity index (χ1n) is 3.29. The number of phenolic OH excluding ortho intramolecular Hbond substituents is 2. The highest BCUT2D eigenvalue weighted by Gasteiger charge is 2.05. The van der Waals surface area contributed by atoms with Gasteiger partial charge in [-0.25, -0.2) is 0 Å². The summed E-state index contributed by atoms with van der Waals surface area (Å²) in [4.78, 5) is 10.4. The highest BCUT2D eigenvalue weighted by molar-refractivity contribution is 6.63. The van der Waals surface area contributed by atoms with Gasteiger partial charge in [-0.3, -0.25) is 4.79 Å². The molecule has 0 aliphatic rings. The van der Waals surface area contributed by atoms with Crippen molar-refractivity contribution in [3.8, 4) is 11.5 Å². The predicted octanol–water partition coefficient (Wildman–Crippen LogP) is 1.41. The lowest BCUT2D eigenvalue weighted by molar-refractivity contribution is -0.111. The van der Waals surface area contributed by atoms with E-state index in [-0.39, 0.29) is 17.9 Å². The van der Waals surface area contributed by atoms with E-state index in [0.717, 1.165) is 0 Å². The van der Waals surface area contributed by atoms with Crippen LogP contribution in [0.3, 0.4) is 0 Å². The van der Waals surface area contributed by atoms with Gasteiger partial charge < -0.3 is 10.2 Å². The summed E-state index contributed by atoms with van der Waals surface area (Å²) < 4.78 is 0. The first-order chi connectivity index (χ1) is 5.59. The van der Waals surface area contributed by atoms with Crippen LogP contribution in [0.1, 0.15) is 5.56 Å². The summed E-state index contributed by atoms with van der Waals surface area (Å²) in [7, 11) is 0. The molecule has 0 radical (unpaired) electrons. The molecule has 1 aromatic rings. The van der Waals surface area contributed by atoms with Crippen LogP contribution in [-0.4, -0.2) is 15.5 Å². The second kappa shape index (κ2) is 3.45. The maximum Gasteiger partial charge on any atom is 0.226 e. The van der Waals surface area contributed by atoms with Crippen LogP contribution >= 0.6 is 11.6 Å². The van der Waals surface area contributed by atoms with Crippen LogP contribution in [0.5, 0.6) is 11.5 Å². The van der Waals surface area contributed by atoms with Crippen LogP contribution in [0.2, 0.25) is 0 Å². The molecule has 0 aromatic heterocycles. The van der Waals surface area contributed by atoms with Gasteiger partial charge in [-0.05, 0) is 29.8 Å². The number of carbonyl (C=O) groups excluding carboxylic acids is 1. The van der Waals surface area contributed by atoms with E-state index in [1.165, 1.54) is 18.2 Å². The van der Waals surface area contributed by atoms with Crippen LogP contribution in [0.4, 0.5) is 0 Å². The zero-order chi connectivity index (χ0) is 9.14. The molecule has 4 heteroatoms. The molecule has 0 saturated heterocycles. The Morgan fingerprint density at radius 3 is 2.67 bits per heavy atom. The van der Waals surface area contributed by atoms with Crippen LogP contribution in [-0.2, 0) is 11.2 Å². The molecule has 1 rings (SSSR count). The van der Waals surface area contributed by atoms with Crippen LogP contribution in [0.15, 0.2) is 18.2 Å². The fourth-order valence-corrected chi connectivity index (χ4v) is 1.01. The topological polar surface area (TPSA) is 57.5 Å². The predicted molar refractivity (Wildman–Crippen MR) is 44.3 cm³/mol. The van der Waals surface area contributed by atoms with Gasteiger partial charge in [0.1, 0.15) is 11.5 Å². The molecule has 0 aliphatic carbocycles. The SMILES string of the molecule is O=C(Cl)Cc1cc(O)ccc1O. The van der Waals surface area contributed by atoms with E-state index in [4.69, 9.17) is 21.8 Å². The van der Waals surface area contributed by atoms with Crippen molar-refractivity contribution in [2.75, 3.05) is 0 Å². The van der Waals surface area contributed by atoms with Gasteiger partial charge >= 0.3 is 0 Å². The lowest BCUT2D eigenvalue weighted by Gasteiger charge is -2.00. The monoisotopic (exact) mass is 186 g/mol. The van der Waals surface area contributed by atoms with Gasteiger partial charge in [0.2, 0.25) is 5.24 Å². The largest absolute Gasteiger partial charge is 0.508 e. The molecule has 0 spiro atoms. The number of hydrogen-bond acceptors (Lipinski definition) is 3. The van der Waals surface area contributed by atoms with Crippen molar-refractivity contribution in [1.29, 1.82) is 0 Å². The molecule has 0 bridgehead atoms.